The first kappa shape index (κ1) is 160. The maximum absolute atomic E-state index is 11.8. The van der Waals surface area contributed by atoms with E-state index in [1.165, 1.54) is 134 Å². The van der Waals surface area contributed by atoms with Crippen LogP contribution in [-0.4, -0.2) is 77.2 Å². The van der Waals surface area contributed by atoms with E-state index < -0.39 is 49.2 Å². The van der Waals surface area contributed by atoms with Crippen LogP contribution in [0, 0.1) is 123 Å². The van der Waals surface area contributed by atoms with Crippen molar-refractivity contribution in [3.63, 3.8) is 0 Å². The fraction of sp³-hybridized carbons (Fsp3) is 0.879. The normalized spacial score (nSPS) is 12.5. The minimum Gasteiger partial charge on any atom is -0.481 e. The van der Waals surface area contributed by atoms with Gasteiger partial charge in [0, 0.05) is 38.9 Å². The van der Waals surface area contributed by atoms with Gasteiger partial charge in [-0.15, -0.1) is 0 Å². The number of nitrogens with two attached hydrogens (primary N) is 2. The fourth-order valence-electron chi connectivity index (χ4n) is 10.3. The van der Waals surface area contributed by atoms with E-state index in [0.717, 1.165) is 104 Å². The van der Waals surface area contributed by atoms with Gasteiger partial charge < -0.3 is 31.9 Å². The molecule has 0 radical (unpaired) electrons. The molecule has 133 heavy (non-hydrogen) atoms. The first-order chi connectivity index (χ1) is 60.5. The van der Waals surface area contributed by atoms with E-state index in [9.17, 15) is 49.1 Å². The lowest BCUT2D eigenvalue weighted by atomic mass is 9.82. The predicted octanol–water partition coefficient (Wildman–Crippen LogP) is 39.7. The summed E-state index contributed by atoms with van der Waals surface area (Å²) < 4.78 is 104. The summed E-state index contributed by atoms with van der Waals surface area (Å²) >= 11 is 0. The summed E-state index contributed by atoms with van der Waals surface area (Å²) in [5.74, 6) is 10.2. The van der Waals surface area contributed by atoms with Crippen LogP contribution in [0.3, 0.4) is 0 Å². The second-order valence-corrected chi connectivity index (χ2v) is 45.9. The third kappa shape index (κ3) is 208. The second kappa shape index (κ2) is 106. The Balaban J connectivity index is -0.0000000945. The van der Waals surface area contributed by atoms with E-state index in [4.69, 9.17) is 31.9 Å². The number of hydrogen-bond donors (Lipinski definition) is 6. The quantitative estimate of drug-likeness (QED) is 0.0320. The molecule has 0 heterocycles. The maximum Gasteiger partial charge on any atom is 0.391 e. The van der Waals surface area contributed by atoms with E-state index in [1.54, 1.807) is 41.5 Å². The van der Waals surface area contributed by atoms with Gasteiger partial charge in [0.15, 0.2) is 0 Å². The molecule has 0 aliphatic heterocycles. The maximum atomic E-state index is 11.8. The second-order valence-electron chi connectivity index (χ2n) is 45.9. The molecule has 810 valence electrons. The first-order valence-electron chi connectivity index (χ1n) is 52.8. The number of aliphatic carboxylic acids is 2. The Hall–Kier alpha value is -3.41. The largest absolute Gasteiger partial charge is 0.481 e. The molecule has 1 atom stereocenters. The number of rotatable bonds is 31. The van der Waals surface area contributed by atoms with Gasteiger partial charge in [-0.05, 0) is 225 Å². The summed E-state index contributed by atoms with van der Waals surface area (Å²) in [4.78, 5) is 19.9. The Morgan fingerprint density at radius 3 is 0.910 bits per heavy atom. The van der Waals surface area contributed by atoms with E-state index in [2.05, 4.69) is 290 Å². The van der Waals surface area contributed by atoms with Crippen molar-refractivity contribution in [1.29, 1.82) is 0 Å². The number of alkyl halides is 9. The molecule has 0 aromatic heterocycles. The molecule has 8 N–H and O–H groups in total. The summed E-state index contributed by atoms with van der Waals surface area (Å²) in [6, 6.07) is 21.2. The van der Waals surface area contributed by atoms with Crippen molar-refractivity contribution in [2.24, 2.45) is 135 Å². The lowest BCUT2D eigenvalue weighted by Crippen LogP contribution is -2.21. The number of aryl methyl sites for hydroxylation is 1. The van der Waals surface area contributed by atoms with Crippen molar-refractivity contribution in [3.05, 3.63) is 71.8 Å². The topological polar surface area (TPSA) is 167 Å². The molecule has 0 amide bonds. The number of aliphatic hydroxyl groups is 2. The van der Waals surface area contributed by atoms with Gasteiger partial charge in [0.05, 0.1) is 5.92 Å². The van der Waals surface area contributed by atoms with Crippen molar-refractivity contribution >= 4 is 11.9 Å². The number of carboxylic acids is 2. The number of carboxylic acid groups (broad SMARTS) is 2. The number of hydrogen-bond acceptors (Lipinski definition) is 6. The first-order valence-corrected chi connectivity index (χ1v) is 52.8. The third-order valence-corrected chi connectivity index (χ3v) is 19.4. The summed E-state index contributed by atoms with van der Waals surface area (Å²) in [6.07, 6.45) is 16.0. The van der Waals surface area contributed by atoms with Gasteiger partial charge in [-0.3, -0.25) is 9.59 Å². The lowest BCUT2D eigenvalue weighted by Gasteiger charge is -2.24. The molecule has 2 aromatic carbocycles. The monoisotopic (exact) mass is 1930 g/mol. The SMILES string of the molecule is CC(C)C.CC(C)C(C)(C)C.CC(C)C1CCCCC1.CC(C)CC(C)(C)C.CC(C)CC(C)C(F)(F)F.CC(C)CC(F)(F)F.CC(C)CC1CC1.CC(C)CCC(=O)O.CC(C)CCC(F)(F)F.CC(C)CCCC(=O)O.CC(C)CCCCN.CC(C)CCCN.CC(C)CCO.CC(C)CCc1ccccc1.CC(C)CO.CC(C)c1ccccc1.CCC.CCC(C)C. The Morgan fingerprint density at radius 1 is 0.398 bits per heavy atom. The summed E-state index contributed by atoms with van der Waals surface area (Å²) in [5, 5.41) is 32.8. The highest BCUT2D eigenvalue weighted by molar-refractivity contribution is 5.66. The molecule has 0 saturated heterocycles. The zero-order valence-corrected chi connectivity index (χ0v) is 96.6. The van der Waals surface area contributed by atoms with E-state index in [-0.39, 0.29) is 30.6 Å². The molecule has 0 spiro atoms. The van der Waals surface area contributed by atoms with Crippen LogP contribution in [0.2, 0.25) is 0 Å². The zero-order valence-electron chi connectivity index (χ0n) is 96.6. The molecule has 1 unspecified atom stereocenters. The highest BCUT2D eigenvalue weighted by Crippen LogP contribution is 2.35. The molecule has 4 rings (SSSR count). The fourth-order valence-corrected chi connectivity index (χ4v) is 10.3. The Morgan fingerprint density at radius 2 is 0.744 bits per heavy atom. The van der Waals surface area contributed by atoms with Crippen LogP contribution < -0.4 is 11.5 Å². The third-order valence-electron chi connectivity index (χ3n) is 19.4. The van der Waals surface area contributed by atoms with Crippen molar-refractivity contribution in [3.8, 4) is 0 Å². The molecule has 2 aromatic rings. The molecule has 2 aliphatic carbocycles. The van der Waals surface area contributed by atoms with Gasteiger partial charge in [0.25, 0.3) is 0 Å². The Bertz CT molecular complexity index is 2460. The smallest absolute Gasteiger partial charge is 0.391 e. The van der Waals surface area contributed by atoms with Gasteiger partial charge in [-0.1, -0.05) is 449 Å². The highest BCUT2D eigenvalue weighted by atomic mass is 19.4. The Kier molecular flexibility index (Phi) is 128. The molecule has 8 nitrogen and oxygen atoms in total. The average Bonchev–Trinajstić information content (AvgIpc) is 1.81. The minimum atomic E-state index is -4.01. The number of aliphatic hydroxyl groups excluding tert-OH is 2. The lowest BCUT2D eigenvalue weighted by molar-refractivity contribution is -0.173. The molecule has 2 aliphatic rings. The van der Waals surface area contributed by atoms with Gasteiger partial charge in [0.1, 0.15) is 0 Å². The van der Waals surface area contributed by atoms with Crippen molar-refractivity contribution < 1.29 is 69.5 Å². The van der Waals surface area contributed by atoms with Crippen molar-refractivity contribution in [1.82, 2.24) is 0 Å². The van der Waals surface area contributed by atoms with Crippen LogP contribution in [0.1, 0.15) is 502 Å². The molecule has 2 fully saturated rings. The molecule has 2 saturated carbocycles. The van der Waals surface area contributed by atoms with Crippen LogP contribution in [0.5, 0.6) is 0 Å². The number of halogens is 9. The van der Waals surface area contributed by atoms with Gasteiger partial charge in [0.2, 0.25) is 0 Å². The molecule has 0 bridgehead atoms. The molecule has 17 heteroatoms. The van der Waals surface area contributed by atoms with E-state index >= 15 is 0 Å². The average molecular weight is 1930 g/mol. The number of carbonyl (C=O) groups is 2. The Labute approximate surface area is 825 Å². The van der Waals surface area contributed by atoms with Crippen LogP contribution >= 0.6 is 0 Å². The van der Waals surface area contributed by atoms with Crippen LogP contribution in [0.15, 0.2) is 60.7 Å². The van der Waals surface area contributed by atoms with Crippen molar-refractivity contribution in [2.75, 3.05) is 26.3 Å². The standard InChI is InChI=1S/C11H16.C9H18.C9H12.C8H18.C7H13F3.C7H17N.C7H14O2.C7H14.C7H16.C6H11F3.C6H15N.C6H12O2.C5H9F3.C5H12O.C5H12.C4H10O.C4H10.C3H8/c1-10(2)8-9-11-6-4-3-5-7-11;2*1-8(2)9-6-4-3-5-7-9;1-7(2)6-8(3,4)5;1-5(2)4-6(3)7(8,9)10;1-7(2)5-3-4-6-8;1-6(2)4-3-5-7(8)9;1-6(2)5-7-3-4-7;1-6(2)7(3,4)5;1-5(2)3-4-6(7,8)9;1-6(2)4-3-5-7;1-5(2)3-4-6(7)8;1-4(2)3-5(6,7)8;1-5(2)3-4-6;1-4-5(2)3;1-4(2)3-5;1-4(2)3;1-3-2/h3-7,10H,8-9H2,1-2H3;8-9H,3-7H2,1-2H3;3-8H,1-2H3;7H,6H2,1-5H3;5-6H,4H2,1-3H3;7H,3-6,8H2,1-2H3;6H,3-5H2,1-2H3,(H,8,9);6-7H,3-5H2,1-2H3;6H,1-5H3;5H,3-4H2,1-2H3;6H,3-5,7H2,1-2H3;5H,3-4H2,1-2H3,(H,7,8);4H,3H2,1-2H3;5-6H,3-4H2,1-2H3;5H,4H2,1-3H3;4-5H,3H2,1-2H3;4H,1-3H3;3H2,1-2H3. The summed E-state index contributed by atoms with van der Waals surface area (Å²) in [6.45, 7) is 97.4. The van der Waals surface area contributed by atoms with Crippen LogP contribution in [0.4, 0.5) is 39.5 Å². The zero-order chi connectivity index (χ0) is 108. The van der Waals surface area contributed by atoms with Crippen LogP contribution in [-0.2, 0) is 16.0 Å². The molecular formula is C116H237F9N2O6. The van der Waals surface area contributed by atoms with E-state index in [1.807, 2.05) is 33.8 Å². The predicted molar refractivity (Wildman–Crippen MR) is 576 cm³/mol. The van der Waals surface area contributed by atoms with Crippen LogP contribution in [0.25, 0.3) is 0 Å². The van der Waals surface area contributed by atoms with Gasteiger partial charge in [-0.2, -0.15) is 39.5 Å². The number of benzene rings is 2. The summed E-state index contributed by atoms with van der Waals surface area (Å²) in [5.41, 5.74) is 14.5. The van der Waals surface area contributed by atoms with Gasteiger partial charge >= 0.3 is 30.5 Å². The van der Waals surface area contributed by atoms with E-state index in [0.29, 0.717) is 66.5 Å². The molecular weight excluding hydrogens is 1690 g/mol. The number of unbranched alkanes of at least 4 members (excludes halogenated alkanes) is 1. The van der Waals surface area contributed by atoms with Crippen molar-refractivity contribution in [2.45, 2.75) is 516 Å². The highest BCUT2D eigenvalue weighted by Gasteiger charge is 2.36. The minimum absolute atomic E-state index is 0.122. The van der Waals surface area contributed by atoms with Gasteiger partial charge in [-0.25, -0.2) is 0 Å². The summed E-state index contributed by atoms with van der Waals surface area (Å²) in [7, 11) is 0.